The summed E-state index contributed by atoms with van der Waals surface area (Å²) < 4.78 is 58.9. The summed E-state index contributed by atoms with van der Waals surface area (Å²) >= 11 is 0. The number of alkyl halides is 2. The Morgan fingerprint density at radius 2 is 1.88 bits per heavy atom. The highest BCUT2D eigenvalue weighted by Gasteiger charge is 2.36. The van der Waals surface area contributed by atoms with Gasteiger partial charge in [-0.15, -0.1) is 15.2 Å². The van der Waals surface area contributed by atoms with Gasteiger partial charge in [0.05, 0.1) is 35.8 Å². The summed E-state index contributed by atoms with van der Waals surface area (Å²) in [6.07, 6.45) is -0.726. The number of benzene rings is 1. The van der Waals surface area contributed by atoms with Crippen molar-refractivity contribution in [3.05, 3.63) is 60.2 Å². The number of sulfonamides is 1. The molecule has 13 heteroatoms. The number of hydrogen-bond acceptors (Lipinski definition) is 9. The zero-order valence-electron chi connectivity index (χ0n) is 18.3. The Labute approximate surface area is 195 Å². The first-order valence-corrected chi connectivity index (χ1v) is 12.0. The lowest BCUT2D eigenvalue weighted by Crippen LogP contribution is -2.45. The van der Waals surface area contributed by atoms with Gasteiger partial charge >= 0.3 is 6.43 Å². The lowest BCUT2D eigenvalue weighted by molar-refractivity contribution is -0.415. The van der Waals surface area contributed by atoms with Crippen LogP contribution in [0.2, 0.25) is 0 Å². The number of hydroxylamine groups is 2. The maximum atomic E-state index is 13.6. The molecular formula is C21H23F2N5O5S. The van der Waals surface area contributed by atoms with Crippen LogP contribution in [0, 0.1) is 0 Å². The van der Waals surface area contributed by atoms with Crippen molar-refractivity contribution in [1.29, 1.82) is 0 Å². The molecule has 0 aliphatic carbocycles. The van der Waals surface area contributed by atoms with Gasteiger partial charge in [0.15, 0.2) is 0 Å². The molecule has 0 atom stereocenters. The zero-order chi connectivity index (χ0) is 24.1. The van der Waals surface area contributed by atoms with E-state index in [4.69, 9.17) is 9.41 Å². The fourth-order valence-corrected chi connectivity index (χ4v) is 5.54. The Bertz CT molecular complexity index is 1170. The van der Waals surface area contributed by atoms with Crippen LogP contribution >= 0.6 is 0 Å². The minimum Gasteiger partial charge on any atom is -0.415 e. The van der Waals surface area contributed by atoms with E-state index in [1.54, 1.807) is 47.5 Å². The van der Waals surface area contributed by atoms with E-state index in [9.17, 15) is 17.2 Å². The Kier molecular flexibility index (Phi) is 7.46. The van der Waals surface area contributed by atoms with Gasteiger partial charge in [0.2, 0.25) is 15.9 Å². The van der Waals surface area contributed by atoms with Crippen LogP contribution in [0.3, 0.4) is 0 Å². The van der Waals surface area contributed by atoms with E-state index in [1.165, 1.54) is 17.6 Å². The summed E-state index contributed by atoms with van der Waals surface area (Å²) in [6.45, 7) is 0.823. The third-order valence-electron chi connectivity index (χ3n) is 5.36. The highest BCUT2D eigenvalue weighted by molar-refractivity contribution is 7.93. The number of pyridine rings is 1. The molecule has 34 heavy (non-hydrogen) atoms. The molecule has 0 bridgehead atoms. The number of aromatic nitrogens is 3. The molecule has 3 aromatic rings. The smallest absolute Gasteiger partial charge is 0.314 e. The van der Waals surface area contributed by atoms with E-state index >= 15 is 0 Å². The van der Waals surface area contributed by atoms with Crippen molar-refractivity contribution < 1.29 is 31.5 Å². The van der Waals surface area contributed by atoms with Crippen LogP contribution in [0.15, 0.2) is 53.1 Å². The van der Waals surface area contributed by atoms with Gasteiger partial charge in [-0.05, 0) is 37.1 Å². The molecule has 2 aromatic heterocycles. The first-order chi connectivity index (χ1) is 16.4. The van der Waals surface area contributed by atoms with Gasteiger partial charge in [-0.25, -0.2) is 13.3 Å². The minimum atomic E-state index is -3.74. The van der Waals surface area contributed by atoms with E-state index in [0.717, 1.165) is 0 Å². The number of piperidine rings is 1. The van der Waals surface area contributed by atoms with Crippen molar-refractivity contribution in [2.24, 2.45) is 0 Å². The molecule has 3 heterocycles. The first-order valence-electron chi connectivity index (χ1n) is 10.5. The molecule has 1 fully saturated rings. The van der Waals surface area contributed by atoms with Crippen LogP contribution in [0.1, 0.15) is 30.9 Å². The maximum Gasteiger partial charge on any atom is 0.314 e. The van der Waals surface area contributed by atoms with Gasteiger partial charge in [0, 0.05) is 19.3 Å². The van der Waals surface area contributed by atoms with Crippen molar-refractivity contribution in [3.63, 3.8) is 0 Å². The highest BCUT2D eigenvalue weighted by Crippen LogP contribution is 2.28. The monoisotopic (exact) mass is 495 g/mol. The molecule has 1 aliphatic heterocycles. The fraction of sp³-hybridized carbons (Fsp3) is 0.381. The van der Waals surface area contributed by atoms with E-state index in [1.807, 2.05) is 0 Å². The molecule has 1 saturated heterocycles. The second-order valence-corrected chi connectivity index (χ2v) is 9.68. The van der Waals surface area contributed by atoms with E-state index in [0.29, 0.717) is 42.9 Å². The van der Waals surface area contributed by atoms with Gasteiger partial charge in [0.25, 0.3) is 5.89 Å². The van der Waals surface area contributed by atoms with Crippen molar-refractivity contribution in [1.82, 2.24) is 20.2 Å². The predicted molar refractivity (Wildman–Crippen MR) is 117 cm³/mol. The summed E-state index contributed by atoms with van der Waals surface area (Å²) in [5.41, 5.74) is 1.33. The second-order valence-electron chi connectivity index (χ2n) is 7.54. The Morgan fingerprint density at radius 3 is 2.47 bits per heavy atom. The van der Waals surface area contributed by atoms with Crippen LogP contribution in [-0.4, -0.2) is 54.1 Å². The molecule has 1 aliphatic rings. The van der Waals surface area contributed by atoms with Crippen LogP contribution in [0.25, 0.3) is 11.5 Å². The van der Waals surface area contributed by atoms with E-state index in [-0.39, 0.29) is 12.4 Å². The summed E-state index contributed by atoms with van der Waals surface area (Å²) in [7, 11) is -2.34. The van der Waals surface area contributed by atoms with Gasteiger partial charge in [-0.3, -0.25) is 9.29 Å². The SMILES string of the molecule is COON1CCC(S(=O)(=O)N(Cc2ccc(-c3nnc(C(F)F)o3)cn2)c2ccccc2)CC1. The number of rotatable bonds is 9. The molecule has 0 spiro atoms. The van der Waals surface area contributed by atoms with Crippen molar-refractivity contribution >= 4 is 15.7 Å². The third kappa shape index (κ3) is 5.38. The topological polar surface area (TPSA) is 111 Å². The van der Waals surface area contributed by atoms with Crippen molar-refractivity contribution in [2.75, 3.05) is 24.5 Å². The van der Waals surface area contributed by atoms with Gasteiger partial charge < -0.3 is 4.42 Å². The van der Waals surface area contributed by atoms with Crippen LogP contribution < -0.4 is 4.31 Å². The summed E-state index contributed by atoms with van der Waals surface area (Å²) in [5, 5.41) is 7.88. The summed E-state index contributed by atoms with van der Waals surface area (Å²) in [6, 6.07) is 11.9. The predicted octanol–water partition coefficient (Wildman–Crippen LogP) is 3.36. The molecule has 4 rings (SSSR count). The van der Waals surface area contributed by atoms with E-state index < -0.39 is 27.6 Å². The standard InChI is InChI=1S/C21H23F2N5O5S/c1-31-33-27-11-9-18(10-12-27)34(29,30)28(17-5-3-2-4-6-17)14-16-8-7-15(13-24-16)20-25-26-21(32-20)19(22)23/h2-8,13,18-19H,9-12,14H2,1H3. The van der Waals surface area contributed by atoms with Crippen molar-refractivity contribution in [2.45, 2.75) is 31.1 Å². The zero-order valence-corrected chi connectivity index (χ0v) is 19.1. The van der Waals surface area contributed by atoms with Crippen LogP contribution in [-0.2, 0) is 26.4 Å². The molecule has 0 N–H and O–H groups in total. The molecule has 182 valence electrons. The summed E-state index contributed by atoms with van der Waals surface area (Å²) in [4.78, 5) is 14.0. The number of anilines is 1. The quantitative estimate of drug-likeness (QED) is 0.326. The molecule has 0 radical (unpaired) electrons. The molecule has 0 saturated carbocycles. The number of hydrogen-bond donors (Lipinski definition) is 0. The maximum absolute atomic E-state index is 13.6. The third-order valence-corrected chi connectivity index (χ3v) is 7.63. The second kappa shape index (κ2) is 10.5. The highest BCUT2D eigenvalue weighted by atomic mass is 32.2. The number of nitrogens with zero attached hydrogens (tertiary/aromatic N) is 5. The van der Waals surface area contributed by atoms with E-state index in [2.05, 4.69) is 20.1 Å². The first kappa shape index (κ1) is 24.1. The largest absolute Gasteiger partial charge is 0.415 e. The van der Waals surface area contributed by atoms with Crippen LogP contribution in [0.4, 0.5) is 14.5 Å². The minimum absolute atomic E-state index is 0.00642. The molecule has 10 nitrogen and oxygen atoms in total. The van der Waals surface area contributed by atoms with Crippen molar-refractivity contribution in [3.8, 4) is 11.5 Å². The molecular weight excluding hydrogens is 472 g/mol. The average Bonchev–Trinajstić information content (AvgIpc) is 3.35. The Morgan fingerprint density at radius 1 is 1.15 bits per heavy atom. The Hall–Kier alpha value is -3.00. The molecule has 0 unspecified atom stereocenters. The van der Waals surface area contributed by atoms with Gasteiger partial charge in [-0.1, -0.05) is 18.2 Å². The Balaban J connectivity index is 1.55. The lowest BCUT2D eigenvalue weighted by Gasteiger charge is -2.33. The molecule has 1 aromatic carbocycles. The number of para-hydroxylation sites is 1. The normalized spacial score (nSPS) is 15.6. The number of halogens is 2. The van der Waals surface area contributed by atoms with Gasteiger partial charge in [0.1, 0.15) is 0 Å². The lowest BCUT2D eigenvalue weighted by atomic mass is 10.2. The summed E-state index contributed by atoms with van der Waals surface area (Å²) in [5.74, 6) is -0.866. The fourth-order valence-electron chi connectivity index (χ4n) is 3.64. The average molecular weight is 496 g/mol. The molecule has 0 amide bonds. The van der Waals surface area contributed by atoms with Crippen LogP contribution in [0.5, 0.6) is 0 Å². The van der Waals surface area contributed by atoms with Gasteiger partial charge in [-0.2, -0.15) is 13.8 Å².